The third-order valence-corrected chi connectivity index (χ3v) is 2.89. The summed E-state index contributed by atoms with van der Waals surface area (Å²) in [5, 5.41) is 4.14. The highest BCUT2D eigenvalue weighted by Gasteiger charge is 1.99. The molecule has 3 rings (SSSR count). The molecule has 0 radical (unpaired) electrons. The molecule has 0 unspecified atom stereocenters. The van der Waals surface area contributed by atoms with Crippen LogP contribution in [0, 0.1) is 5.82 Å². The van der Waals surface area contributed by atoms with Crippen molar-refractivity contribution >= 4 is 16.7 Å². The van der Waals surface area contributed by atoms with Crippen LogP contribution in [0.2, 0.25) is 0 Å². The zero-order valence-corrected chi connectivity index (χ0v) is 10.3. The minimum Gasteiger partial charge on any atom is -0.368 e. The average Bonchev–Trinajstić information content (AvgIpc) is 2.91. The third kappa shape index (κ3) is 2.70. The van der Waals surface area contributed by atoms with Gasteiger partial charge in [-0.15, -0.1) is 0 Å². The van der Waals surface area contributed by atoms with Gasteiger partial charge >= 0.3 is 0 Å². The lowest BCUT2D eigenvalue weighted by Gasteiger charge is -2.07. The topological polar surface area (TPSA) is 42.7 Å². The first-order valence-corrected chi connectivity index (χ1v) is 6.07. The molecule has 3 aromatic rings. The number of nitrogens with zero attached hydrogens (tertiary/aromatic N) is 3. The molecule has 1 aromatic carbocycles. The molecule has 4 nitrogen and oxygen atoms in total. The Hall–Kier alpha value is -2.43. The number of fused-ring (bicyclic) bond motifs is 1. The highest BCUT2D eigenvalue weighted by atomic mass is 19.1. The number of benzene rings is 1. The first-order valence-electron chi connectivity index (χ1n) is 6.07. The molecule has 0 saturated heterocycles. The minimum absolute atomic E-state index is 0.268. The molecule has 5 heteroatoms. The van der Waals surface area contributed by atoms with Crippen LogP contribution in [0.5, 0.6) is 0 Å². The van der Waals surface area contributed by atoms with Gasteiger partial charge in [0.05, 0.1) is 11.8 Å². The molecule has 0 fully saturated rings. The van der Waals surface area contributed by atoms with E-state index in [1.54, 1.807) is 18.6 Å². The van der Waals surface area contributed by atoms with Crippen molar-refractivity contribution in [2.75, 3.05) is 11.9 Å². The number of anilines is 1. The molecule has 0 aliphatic rings. The van der Waals surface area contributed by atoms with Gasteiger partial charge in [-0.2, -0.15) is 0 Å². The van der Waals surface area contributed by atoms with Gasteiger partial charge in [-0.1, -0.05) is 0 Å². The number of imidazole rings is 1. The molecule has 0 saturated carbocycles. The van der Waals surface area contributed by atoms with Gasteiger partial charge in [0.15, 0.2) is 0 Å². The van der Waals surface area contributed by atoms with Crippen molar-refractivity contribution in [2.24, 2.45) is 0 Å². The maximum Gasteiger partial charge on any atom is 0.126 e. The van der Waals surface area contributed by atoms with E-state index < -0.39 is 0 Å². The van der Waals surface area contributed by atoms with Gasteiger partial charge < -0.3 is 9.88 Å². The Morgan fingerprint density at radius 1 is 1.21 bits per heavy atom. The van der Waals surface area contributed by atoms with E-state index in [0.29, 0.717) is 5.52 Å². The number of rotatable bonds is 4. The van der Waals surface area contributed by atoms with E-state index in [1.807, 2.05) is 22.9 Å². The molecule has 2 aromatic heterocycles. The molecule has 1 N–H and O–H groups in total. The van der Waals surface area contributed by atoms with Crippen LogP contribution in [0.3, 0.4) is 0 Å². The summed E-state index contributed by atoms with van der Waals surface area (Å²) in [5.41, 5.74) is 0.660. The van der Waals surface area contributed by atoms with E-state index in [4.69, 9.17) is 0 Å². The highest BCUT2D eigenvalue weighted by molar-refractivity contribution is 5.80. The highest BCUT2D eigenvalue weighted by Crippen LogP contribution is 2.16. The smallest absolute Gasteiger partial charge is 0.126 e. The zero-order valence-electron chi connectivity index (χ0n) is 10.3. The fraction of sp³-hybridized carbons (Fsp3) is 0.143. The molecule has 0 aliphatic heterocycles. The quantitative estimate of drug-likeness (QED) is 0.780. The number of pyridine rings is 1. The molecule has 96 valence electrons. The second-order valence-electron chi connectivity index (χ2n) is 4.26. The van der Waals surface area contributed by atoms with Crippen LogP contribution in [0.4, 0.5) is 10.2 Å². The number of aromatic nitrogens is 3. The molecule has 0 bridgehead atoms. The summed E-state index contributed by atoms with van der Waals surface area (Å²) >= 11 is 0. The van der Waals surface area contributed by atoms with Gasteiger partial charge in [0.25, 0.3) is 0 Å². The van der Waals surface area contributed by atoms with Gasteiger partial charge in [-0.3, -0.25) is 0 Å². The Morgan fingerprint density at radius 2 is 2.11 bits per heavy atom. The van der Waals surface area contributed by atoms with E-state index in [2.05, 4.69) is 15.3 Å². The second-order valence-corrected chi connectivity index (χ2v) is 4.26. The Labute approximate surface area is 109 Å². The van der Waals surface area contributed by atoms with Crippen molar-refractivity contribution in [1.29, 1.82) is 0 Å². The lowest BCUT2D eigenvalue weighted by Crippen LogP contribution is -2.10. The Morgan fingerprint density at radius 3 is 2.95 bits per heavy atom. The standard InChI is InChI=1S/C14H13FN4/c15-12-3-1-11-2-4-14(18-13(11)9-12)17-6-8-19-7-5-16-10-19/h1-5,7,9-10H,6,8H2,(H,17,18). The SMILES string of the molecule is Fc1ccc2ccc(NCCn3ccnc3)nc2c1. The second kappa shape index (κ2) is 5.06. The van der Waals surface area contributed by atoms with Crippen LogP contribution < -0.4 is 5.32 Å². The van der Waals surface area contributed by atoms with Crippen molar-refractivity contribution in [3.05, 3.63) is 54.9 Å². The summed E-state index contributed by atoms with van der Waals surface area (Å²) in [6.45, 7) is 1.55. The Kier molecular flexibility index (Phi) is 3.10. The van der Waals surface area contributed by atoms with E-state index >= 15 is 0 Å². The molecule has 0 spiro atoms. The molecule has 0 aliphatic carbocycles. The summed E-state index contributed by atoms with van der Waals surface area (Å²) in [7, 11) is 0. The first-order chi connectivity index (χ1) is 9.31. The molecular weight excluding hydrogens is 243 g/mol. The van der Waals surface area contributed by atoms with Gasteiger partial charge in [-0.05, 0) is 24.3 Å². The predicted molar refractivity (Wildman–Crippen MR) is 72.4 cm³/mol. The number of halogens is 1. The molecule has 0 amide bonds. The summed E-state index contributed by atoms with van der Waals surface area (Å²) < 4.78 is 15.1. The van der Waals surface area contributed by atoms with Crippen LogP contribution in [-0.2, 0) is 6.54 Å². The van der Waals surface area contributed by atoms with Crippen molar-refractivity contribution < 1.29 is 4.39 Å². The maximum absolute atomic E-state index is 13.1. The lowest BCUT2D eigenvalue weighted by molar-refractivity contribution is 0.629. The van der Waals surface area contributed by atoms with E-state index in [0.717, 1.165) is 24.3 Å². The van der Waals surface area contributed by atoms with Crippen molar-refractivity contribution in [3.8, 4) is 0 Å². The Bertz CT molecular complexity index is 679. The van der Waals surface area contributed by atoms with E-state index in [-0.39, 0.29) is 5.82 Å². The average molecular weight is 256 g/mol. The molecule has 2 heterocycles. The summed E-state index contributed by atoms with van der Waals surface area (Å²) in [5.74, 6) is 0.480. The largest absolute Gasteiger partial charge is 0.368 e. The monoisotopic (exact) mass is 256 g/mol. The fourth-order valence-corrected chi connectivity index (χ4v) is 1.92. The third-order valence-electron chi connectivity index (χ3n) is 2.89. The maximum atomic E-state index is 13.1. The number of hydrogen-bond donors (Lipinski definition) is 1. The van der Waals surface area contributed by atoms with Gasteiger partial charge in [-0.25, -0.2) is 14.4 Å². The fourth-order valence-electron chi connectivity index (χ4n) is 1.92. The van der Waals surface area contributed by atoms with E-state index in [1.165, 1.54) is 12.1 Å². The summed E-state index contributed by atoms with van der Waals surface area (Å²) in [4.78, 5) is 8.36. The van der Waals surface area contributed by atoms with Crippen molar-refractivity contribution in [3.63, 3.8) is 0 Å². The van der Waals surface area contributed by atoms with Gasteiger partial charge in [0, 0.05) is 36.9 Å². The van der Waals surface area contributed by atoms with Crippen LogP contribution in [0.1, 0.15) is 0 Å². The van der Waals surface area contributed by atoms with Crippen LogP contribution in [-0.4, -0.2) is 21.1 Å². The van der Waals surface area contributed by atoms with E-state index in [9.17, 15) is 4.39 Å². The summed E-state index contributed by atoms with van der Waals surface area (Å²) in [6, 6.07) is 8.44. The van der Waals surface area contributed by atoms with Crippen molar-refractivity contribution in [2.45, 2.75) is 6.54 Å². The van der Waals surface area contributed by atoms with Gasteiger partial charge in [0.2, 0.25) is 0 Å². The predicted octanol–water partition coefficient (Wildman–Crippen LogP) is 2.68. The molecule has 19 heavy (non-hydrogen) atoms. The lowest BCUT2D eigenvalue weighted by atomic mass is 10.2. The van der Waals surface area contributed by atoms with Crippen LogP contribution in [0.15, 0.2) is 49.1 Å². The molecular formula is C14H13FN4. The minimum atomic E-state index is -0.268. The van der Waals surface area contributed by atoms with Crippen LogP contribution in [0.25, 0.3) is 10.9 Å². The molecule has 0 atom stereocenters. The normalized spacial score (nSPS) is 10.8. The van der Waals surface area contributed by atoms with Gasteiger partial charge in [0.1, 0.15) is 11.6 Å². The first kappa shape index (κ1) is 11.6. The number of nitrogens with one attached hydrogen (secondary N) is 1. The van der Waals surface area contributed by atoms with Crippen LogP contribution >= 0.6 is 0 Å². The summed E-state index contributed by atoms with van der Waals surface area (Å²) in [6.07, 6.45) is 5.42. The zero-order chi connectivity index (χ0) is 13.1. The number of hydrogen-bond acceptors (Lipinski definition) is 3. The Balaban J connectivity index is 1.70. The van der Waals surface area contributed by atoms with Crippen molar-refractivity contribution in [1.82, 2.24) is 14.5 Å².